The molecule has 1 aromatic heterocycles. The van der Waals surface area contributed by atoms with E-state index in [1.54, 1.807) is 12.1 Å². The van der Waals surface area contributed by atoms with Gasteiger partial charge >= 0.3 is 0 Å². The summed E-state index contributed by atoms with van der Waals surface area (Å²) in [7, 11) is 0. The molecule has 0 saturated carbocycles. The SMILES string of the molecule is CC[C@@H](N)c1ccc(Cl)o1. The van der Waals surface area contributed by atoms with E-state index in [4.69, 9.17) is 21.8 Å². The summed E-state index contributed by atoms with van der Waals surface area (Å²) in [6.45, 7) is 2.00. The molecule has 0 aliphatic carbocycles. The van der Waals surface area contributed by atoms with Gasteiger partial charge in [-0.1, -0.05) is 6.92 Å². The first kappa shape index (κ1) is 7.63. The van der Waals surface area contributed by atoms with Crippen molar-refractivity contribution in [2.24, 2.45) is 5.73 Å². The topological polar surface area (TPSA) is 39.2 Å². The van der Waals surface area contributed by atoms with Crippen LogP contribution in [0.4, 0.5) is 0 Å². The maximum atomic E-state index is 5.66. The highest BCUT2D eigenvalue weighted by atomic mass is 35.5. The Labute approximate surface area is 65.0 Å². The number of nitrogens with two attached hydrogens (primary N) is 1. The molecule has 2 nitrogen and oxygen atoms in total. The van der Waals surface area contributed by atoms with Crippen LogP contribution in [0.1, 0.15) is 25.1 Å². The Bertz CT molecular complexity index is 209. The van der Waals surface area contributed by atoms with Gasteiger partial charge in [0.2, 0.25) is 0 Å². The Morgan fingerprint density at radius 2 is 2.40 bits per heavy atom. The maximum absolute atomic E-state index is 5.66. The summed E-state index contributed by atoms with van der Waals surface area (Å²) in [5.41, 5.74) is 5.66. The molecule has 1 atom stereocenters. The van der Waals surface area contributed by atoms with Crippen LogP contribution < -0.4 is 5.73 Å². The molecule has 0 fully saturated rings. The Morgan fingerprint density at radius 3 is 2.80 bits per heavy atom. The second-order valence-corrected chi connectivity index (χ2v) is 2.53. The van der Waals surface area contributed by atoms with Crippen LogP contribution in [0.15, 0.2) is 16.5 Å². The third-order valence-electron chi connectivity index (χ3n) is 1.40. The van der Waals surface area contributed by atoms with Gasteiger partial charge in [-0.15, -0.1) is 0 Å². The molecule has 1 heterocycles. The van der Waals surface area contributed by atoms with Gasteiger partial charge in [0.15, 0.2) is 5.22 Å². The van der Waals surface area contributed by atoms with Gasteiger partial charge in [0.05, 0.1) is 6.04 Å². The van der Waals surface area contributed by atoms with Crippen molar-refractivity contribution in [3.05, 3.63) is 23.1 Å². The Kier molecular flexibility index (Phi) is 2.35. The zero-order chi connectivity index (χ0) is 7.56. The van der Waals surface area contributed by atoms with Gasteiger partial charge in [0, 0.05) is 0 Å². The van der Waals surface area contributed by atoms with E-state index in [1.807, 2.05) is 6.92 Å². The Hall–Kier alpha value is -0.470. The largest absolute Gasteiger partial charge is 0.448 e. The van der Waals surface area contributed by atoms with Crippen molar-refractivity contribution in [3.63, 3.8) is 0 Å². The molecule has 0 unspecified atom stereocenters. The summed E-state index contributed by atoms with van der Waals surface area (Å²) < 4.78 is 5.08. The average Bonchev–Trinajstić information content (AvgIpc) is 2.34. The van der Waals surface area contributed by atoms with E-state index in [0.717, 1.165) is 12.2 Å². The number of rotatable bonds is 2. The van der Waals surface area contributed by atoms with Crippen LogP contribution in [-0.2, 0) is 0 Å². The molecule has 0 bridgehead atoms. The van der Waals surface area contributed by atoms with Crippen molar-refractivity contribution in [3.8, 4) is 0 Å². The van der Waals surface area contributed by atoms with Crippen LogP contribution in [-0.4, -0.2) is 0 Å². The van der Waals surface area contributed by atoms with Gasteiger partial charge in [-0.05, 0) is 30.2 Å². The lowest BCUT2D eigenvalue weighted by Crippen LogP contribution is -2.06. The summed E-state index contributed by atoms with van der Waals surface area (Å²) in [4.78, 5) is 0. The molecule has 0 aromatic carbocycles. The summed E-state index contributed by atoms with van der Waals surface area (Å²) in [5, 5.41) is 0.402. The molecule has 3 heteroatoms. The zero-order valence-electron chi connectivity index (χ0n) is 5.80. The van der Waals surface area contributed by atoms with E-state index >= 15 is 0 Å². The zero-order valence-corrected chi connectivity index (χ0v) is 6.56. The van der Waals surface area contributed by atoms with Crippen LogP contribution >= 0.6 is 11.6 Å². The van der Waals surface area contributed by atoms with Crippen molar-refractivity contribution >= 4 is 11.6 Å². The van der Waals surface area contributed by atoms with Crippen LogP contribution in [0.25, 0.3) is 0 Å². The second kappa shape index (κ2) is 3.08. The fourth-order valence-electron chi connectivity index (χ4n) is 0.729. The molecule has 1 aromatic rings. The van der Waals surface area contributed by atoms with Gasteiger partial charge in [0.1, 0.15) is 5.76 Å². The number of hydrogen-bond donors (Lipinski definition) is 1. The van der Waals surface area contributed by atoms with Gasteiger partial charge in [-0.3, -0.25) is 0 Å². The predicted molar refractivity (Wildman–Crippen MR) is 40.9 cm³/mol. The third-order valence-corrected chi connectivity index (χ3v) is 1.60. The normalized spacial score (nSPS) is 13.5. The summed E-state index contributed by atoms with van der Waals surface area (Å²) in [6, 6.07) is 3.48. The summed E-state index contributed by atoms with van der Waals surface area (Å²) in [5.74, 6) is 0.757. The highest BCUT2D eigenvalue weighted by Gasteiger charge is 2.06. The minimum atomic E-state index is -0.0208. The molecule has 0 amide bonds. The van der Waals surface area contributed by atoms with Crippen molar-refractivity contribution < 1.29 is 4.42 Å². The second-order valence-electron chi connectivity index (χ2n) is 2.16. The maximum Gasteiger partial charge on any atom is 0.193 e. The molecule has 2 N–H and O–H groups in total. The van der Waals surface area contributed by atoms with E-state index in [0.29, 0.717) is 5.22 Å². The first-order valence-corrected chi connectivity index (χ1v) is 3.62. The fraction of sp³-hybridized carbons (Fsp3) is 0.429. The number of halogens is 1. The standard InChI is InChI=1S/C7H10ClNO/c1-2-5(9)6-3-4-7(8)10-6/h3-5H,2,9H2,1H3/t5-/m1/s1. The van der Waals surface area contributed by atoms with Gasteiger partial charge in [-0.25, -0.2) is 0 Å². The Morgan fingerprint density at radius 1 is 1.70 bits per heavy atom. The van der Waals surface area contributed by atoms with Crippen LogP contribution in [0.2, 0.25) is 5.22 Å². The van der Waals surface area contributed by atoms with E-state index in [-0.39, 0.29) is 6.04 Å². The van der Waals surface area contributed by atoms with E-state index in [1.165, 1.54) is 0 Å². The van der Waals surface area contributed by atoms with E-state index in [9.17, 15) is 0 Å². The fourth-order valence-corrected chi connectivity index (χ4v) is 0.881. The molecular weight excluding hydrogens is 150 g/mol. The van der Waals surface area contributed by atoms with E-state index in [2.05, 4.69) is 0 Å². The molecular formula is C7H10ClNO. The Balaban J connectivity index is 2.74. The first-order chi connectivity index (χ1) is 4.74. The van der Waals surface area contributed by atoms with E-state index < -0.39 is 0 Å². The highest BCUT2D eigenvalue weighted by molar-refractivity contribution is 6.28. The van der Waals surface area contributed by atoms with Crippen molar-refractivity contribution in [2.75, 3.05) is 0 Å². The molecule has 0 aliphatic heterocycles. The lowest BCUT2D eigenvalue weighted by atomic mass is 10.2. The van der Waals surface area contributed by atoms with Crippen molar-refractivity contribution in [1.29, 1.82) is 0 Å². The summed E-state index contributed by atoms with van der Waals surface area (Å²) >= 11 is 5.54. The molecule has 56 valence electrons. The third kappa shape index (κ3) is 1.52. The lowest BCUT2D eigenvalue weighted by molar-refractivity contribution is 0.462. The molecule has 0 radical (unpaired) electrons. The minimum Gasteiger partial charge on any atom is -0.448 e. The van der Waals surface area contributed by atoms with Crippen molar-refractivity contribution in [1.82, 2.24) is 0 Å². The molecule has 1 rings (SSSR count). The smallest absolute Gasteiger partial charge is 0.193 e. The van der Waals surface area contributed by atoms with Gasteiger partial charge in [0.25, 0.3) is 0 Å². The molecule has 10 heavy (non-hydrogen) atoms. The average molecular weight is 160 g/mol. The first-order valence-electron chi connectivity index (χ1n) is 3.25. The van der Waals surface area contributed by atoms with Crippen LogP contribution in [0.3, 0.4) is 0 Å². The highest BCUT2D eigenvalue weighted by Crippen LogP contribution is 2.19. The quantitative estimate of drug-likeness (QED) is 0.720. The van der Waals surface area contributed by atoms with Gasteiger partial charge in [-0.2, -0.15) is 0 Å². The number of furan rings is 1. The minimum absolute atomic E-state index is 0.0208. The van der Waals surface area contributed by atoms with Crippen LogP contribution in [0.5, 0.6) is 0 Å². The number of hydrogen-bond acceptors (Lipinski definition) is 2. The molecule has 0 aliphatic rings. The monoisotopic (exact) mass is 159 g/mol. The molecule has 0 spiro atoms. The predicted octanol–water partition coefficient (Wildman–Crippen LogP) is 2.34. The van der Waals surface area contributed by atoms with Crippen LogP contribution in [0, 0.1) is 0 Å². The summed E-state index contributed by atoms with van der Waals surface area (Å²) in [6.07, 6.45) is 0.865. The van der Waals surface area contributed by atoms with Crippen molar-refractivity contribution in [2.45, 2.75) is 19.4 Å². The lowest BCUT2D eigenvalue weighted by Gasteiger charge is -2.02. The molecule has 0 saturated heterocycles. The van der Waals surface area contributed by atoms with Gasteiger partial charge < -0.3 is 10.2 Å².